The molecule has 8 heteroatoms. The van der Waals surface area contributed by atoms with Crippen LogP contribution in [0.4, 0.5) is 4.39 Å². The third kappa shape index (κ3) is 3.49. The van der Waals surface area contributed by atoms with Crippen LogP contribution >= 0.6 is 0 Å². The van der Waals surface area contributed by atoms with E-state index < -0.39 is 27.4 Å². The molecule has 0 unspecified atom stereocenters. The quantitative estimate of drug-likeness (QED) is 0.644. The highest BCUT2D eigenvalue weighted by atomic mass is 32.2. The van der Waals surface area contributed by atoms with E-state index in [-0.39, 0.29) is 24.5 Å². The maximum absolute atomic E-state index is 13.3. The first-order valence-electron chi connectivity index (χ1n) is 5.02. The van der Waals surface area contributed by atoms with E-state index in [1.807, 2.05) is 0 Å². The minimum atomic E-state index is -3.89. The van der Waals surface area contributed by atoms with Crippen molar-refractivity contribution in [2.24, 2.45) is 0 Å². The van der Waals surface area contributed by atoms with Gasteiger partial charge in [0.05, 0.1) is 10.5 Å². The van der Waals surface area contributed by atoms with Crippen molar-refractivity contribution in [1.29, 1.82) is 0 Å². The Morgan fingerprint density at radius 3 is 2.56 bits per heavy atom. The maximum atomic E-state index is 13.3. The number of halogens is 1. The van der Waals surface area contributed by atoms with E-state index in [9.17, 15) is 17.6 Å². The van der Waals surface area contributed by atoms with Gasteiger partial charge in [0.25, 0.3) is 0 Å². The Hall–Kier alpha value is -1.51. The molecule has 0 heterocycles. The van der Waals surface area contributed by atoms with Gasteiger partial charge in [0, 0.05) is 13.2 Å². The largest absolute Gasteiger partial charge is 0.478 e. The van der Waals surface area contributed by atoms with Crippen LogP contribution in [-0.2, 0) is 10.0 Å². The summed E-state index contributed by atoms with van der Waals surface area (Å²) in [5, 5.41) is 17.1. The Morgan fingerprint density at radius 2 is 2.06 bits per heavy atom. The Labute approximate surface area is 103 Å². The molecule has 1 aromatic carbocycles. The van der Waals surface area contributed by atoms with E-state index in [0.29, 0.717) is 6.07 Å². The van der Waals surface area contributed by atoms with Crippen molar-refractivity contribution >= 4 is 16.0 Å². The van der Waals surface area contributed by atoms with Crippen molar-refractivity contribution in [3.05, 3.63) is 29.6 Å². The SMILES string of the molecule is O=C(O)c1ccc(S(=O)(=O)NCCCO)cc1F. The van der Waals surface area contributed by atoms with Gasteiger partial charge in [-0.2, -0.15) is 0 Å². The number of benzene rings is 1. The van der Waals surface area contributed by atoms with E-state index in [1.54, 1.807) is 0 Å². The Balaban J connectivity index is 2.97. The van der Waals surface area contributed by atoms with Crippen LogP contribution in [-0.4, -0.2) is 37.8 Å². The molecule has 0 aliphatic carbocycles. The third-order valence-corrected chi connectivity index (χ3v) is 3.57. The zero-order valence-electron chi connectivity index (χ0n) is 9.26. The average Bonchev–Trinajstić information content (AvgIpc) is 2.28. The number of hydrogen-bond acceptors (Lipinski definition) is 4. The number of aromatic carboxylic acids is 1. The van der Waals surface area contributed by atoms with Crippen LogP contribution < -0.4 is 4.72 Å². The maximum Gasteiger partial charge on any atom is 0.338 e. The van der Waals surface area contributed by atoms with E-state index in [0.717, 1.165) is 12.1 Å². The lowest BCUT2D eigenvalue weighted by Gasteiger charge is -2.06. The summed E-state index contributed by atoms with van der Waals surface area (Å²) in [6.07, 6.45) is 0.231. The molecule has 0 fully saturated rings. The van der Waals surface area contributed by atoms with E-state index in [4.69, 9.17) is 10.2 Å². The summed E-state index contributed by atoms with van der Waals surface area (Å²) in [5.41, 5.74) is -0.593. The molecule has 0 saturated carbocycles. The molecular formula is C10H12FNO5S. The molecule has 0 atom stereocenters. The number of carbonyl (C=O) groups is 1. The van der Waals surface area contributed by atoms with E-state index in [1.165, 1.54) is 0 Å². The van der Waals surface area contributed by atoms with Gasteiger partial charge in [-0.3, -0.25) is 0 Å². The summed E-state index contributed by atoms with van der Waals surface area (Å²) in [6, 6.07) is 2.54. The van der Waals surface area contributed by atoms with Crippen molar-refractivity contribution in [2.45, 2.75) is 11.3 Å². The molecule has 1 aromatic rings. The number of carboxylic acid groups (broad SMARTS) is 1. The summed E-state index contributed by atoms with van der Waals surface area (Å²) in [5.74, 6) is -2.59. The van der Waals surface area contributed by atoms with Gasteiger partial charge in [-0.1, -0.05) is 0 Å². The van der Waals surface area contributed by atoms with Gasteiger partial charge >= 0.3 is 5.97 Å². The molecule has 18 heavy (non-hydrogen) atoms. The zero-order chi connectivity index (χ0) is 13.8. The van der Waals surface area contributed by atoms with Crippen LogP contribution in [0.2, 0.25) is 0 Å². The number of sulfonamides is 1. The molecule has 0 saturated heterocycles. The molecule has 0 aliphatic heterocycles. The number of nitrogens with one attached hydrogen (secondary N) is 1. The van der Waals surface area contributed by atoms with Gasteiger partial charge in [0.1, 0.15) is 5.82 Å². The van der Waals surface area contributed by atoms with Gasteiger partial charge in [-0.25, -0.2) is 22.3 Å². The standard InChI is InChI=1S/C10H12FNO5S/c11-9-6-7(2-3-8(9)10(14)15)18(16,17)12-4-1-5-13/h2-3,6,12-13H,1,4-5H2,(H,14,15). The number of hydrogen-bond donors (Lipinski definition) is 3. The molecule has 0 radical (unpaired) electrons. The van der Waals surface area contributed by atoms with Gasteiger partial charge < -0.3 is 10.2 Å². The van der Waals surface area contributed by atoms with E-state index in [2.05, 4.69) is 4.72 Å². The molecule has 0 aromatic heterocycles. The molecule has 6 nitrogen and oxygen atoms in total. The Bertz CT molecular complexity index is 543. The smallest absolute Gasteiger partial charge is 0.338 e. The molecule has 0 amide bonds. The van der Waals surface area contributed by atoms with Crippen LogP contribution in [0, 0.1) is 5.82 Å². The fraction of sp³-hybridized carbons (Fsp3) is 0.300. The molecule has 0 aliphatic rings. The van der Waals surface area contributed by atoms with Gasteiger partial charge in [0.2, 0.25) is 10.0 Å². The Kier molecular flexibility index (Phi) is 4.76. The first kappa shape index (κ1) is 14.6. The topological polar surface area (TPSA) is 104 Å². The molecule has 0 bridgehead atoms. The molecule has 1 rings (SSSR count). The Morgan fingerprint density at radius 1 is 1.39 bits per heavy atom. The predicted octanol–water partition coefficient (Wildman–Crippen LogP) is 0.185. The van der Waals surface area contributed by atoms with Crippen LogP contribution in [0.3, 0.4) is 0 Å². The number of carboxylic acids is 1. The first-order valence-corrected chi connectivity index (χ1v) is 6.50. The first-order chi connectivity index (χ1) is 8.38. The fourth-order valence-corrected chi connectivity index (χ4v) is 2.29. The summed E-state index contributed by atoms with van der Waals surface area (Å²) in [4.78, 5) is 10.2. The van der Waals surface area contributed by atoms with Crippen molar-refractivity contribution in [3.8, 4) is 0 Å². The highest BCUT2D eigenvalue weighted by Crippen LogP contribution is 2.14. The molecule has 100 valence electrons. The second-order valence-electron chi connectivity index (χ2n) is 3.42. The lowest BCUT2D eigenvalue weighted by molar-refractivity contribution is 0.0691. The highest BCUT2D eigenvalue weighted by Gasteiger charge is 2.17. The second kappa shape index (κ2) is 5.89. The van der Waals surface area contributed by atoms with Crippen molar-refractivity contribution in [2.75, 3.05) is 13.2 Å². The lowest BCUT2D eigenvalue weighted by Crippen LogP contribution is -2.25. The summed E-state index contributed by atoms with van der Waals surface area (Å²) >= 11 is 0. The van der Waals surface area contributed by atoms with Crippen LogP contribution in [0.25, 0.3) is 0 Å². The fourth-order valence-electron chi connectivity index (χ4n) is 1.21. The number of aliphatic hydroxyl groups is 1. The molecular weight excluding hydrogens is 265 g/mol. The van der Waals surface area contributed by atoms with Crippen LogP contribution in [0.15, 0.2) is 23.1 Å². The molecule has 0 spiro atoms. The van der Waals surface area contributed by atoms with E-state index >= 15 is 0 Å². The number of aliphatic hydroxyl groups excluding tert-OH is 1. The van der Waals surface area contributed by atoms with Crippen molar-refractivity contribution < 1.29 is 27.8 Å². The molecule has 3 N–H and O–H groups in total. The van der Waals surface area contributed by atoms with Crippen LogP contribution in [0.1, 0.15) is 16.8 Å². The number of rotatable bonds is 6. The third-order valence-electron chi connectivity index (χ3n) is 2.11. The summed E-state index contributed by atoms with van der Waals surface area (Å²) < 4.78 is 38.7. The normalized spacial score (nSPS) is 11.4. The van der Waals surface area contributed by atoms with Crippen molar-refractivity contribution in [1.82, 2.24) is 4.72 Å². The minimum absolute atomic E-state index is 0.0150. The van der Waals surface area contributed by atoms with Crippen LogP contribution in [0.5, 0.6) is 0 Å². The highest BCUT2D eigenvalue weighted by molar-refractivity contribution is 7.89. The lowest BCUT2D eigenvalue weighted by atomic mass is 10.2. The van der Waals surface area contributed by atoms with Gasteiger partial charge in [-0.05, 0) is 24.6 Å². The second-order valence-corrected chi connectivity index (χ2v) is 5.19. The average molecular weight is 277 g/mol. The van der Waals surface area contributed by atoms with Gasteiger partial charge in [-0.15, -0.1) is 0 Å². The zero-order valence-corrected chi connectivity index (χ0v) is 10.1. The minimum Gasteiger partial charge on any atom is -0.478 e. The predicted molar refractivity (Wildman–Crippen MR) is 60.3 cm³/mol. The van der Waals surface area contributed by atoms with Crippen molar-refractivity contribution in [3.63, 3.8) is 0 Å². The monoisotopic (exact) mass is 277 g/mol. The van der Waals surface area contributed by atoms with Gasteiger partial charge in [0.15, 0.2) is 0 Å². The summed E-state index contributed by atoms with van der Waals surface area (Å²) in [7, 11) is -3.89. The summed E-state index contributed by atoms with van der Waals surface area (Å²) in [6.45, 7) is -0.157.